The Morgan fingerprint density at radius 3 is 2.26 bits per heavy atom. The van der Waals surface area contributed by atoms with Gasteiger partial charge in [0.2, 0.25) is 0 Å². The van der Waals surface area contributed by atoms with Gasteiger partial charge in [-0.1, -0.05) is 54.1 Å². The van der Waals surface area contributed by atoms with E-state index < -0.39 is 5.91 Å². The van der Waals surface area contributed by atoms with Crippen molar-refractivity contribution in [3.05, 3.63) is 81.0 Å². The van der Waals surface area contributed by atoms with Gasteiger partial charge < -0.3 is 5.32 Å². The Balaban J connectivity index is 1.71. The van der Waals surface area contributed by atoms with Crippen molar-refractivity contribution in [2.45, 2.75) is 13.0 Å². The molecule has 27 heavy (non-hydrogen) atoms. The number of hydrogen-bond donors (Lipinski definition) is 3. The average Bonchev–Trinajstić information content (AvgIpc) is 3.10. The Morgan fingerprint density at radius 2 is 1.63 bits per heavy atom. The third-order valence-electron chi connectivity index (χ3n) is 4.08. The third-order valence-corrected chi connectivity index (χ3v) is 5.62. The van der Waals surface area contributed by atoms with Crippen molar-refractivity contribution in [3.8, 4) is 11.1 Å². The summed E-state index contributed by atoms with van der Waals surface area (Å²) in [5, 5.41) is 11.6. The highest BCUT2D eigenvalue weighted by molar-refractivity contribution is 7.16. The van der Waals surface area contributed by atoms with Crippen LogP contribution in [0.5, 0.6) is 0 Å². The zero-order valence-electron chi connectivity index (χ0n) is 14.4. The first-order valence-corrected chi connectivity index (χ1v) is 9.39. The van der Waals surface area contributed by atoms with E-state index in [1.54, 1.807) is 30.6 Å². The van der Waals surface area contributed by atoms with Crippen LogP contribution in [0.2, 0.25) is 4.34 Å². The molecule has 0 bridgehead atoms. The summed E-state index contributed by atoms with van der Waals surface area (Å²) < 4.78 is 0.255. The second-order valence-corrected chi connectivity index (χ2v) is 7.60. The Morgan fingerprint density at radius 1 is 1.00 bits per heavy atom. The minimum atomic E-state index is -0.683. The molecule has 1 aromatic heterocycles. The number of carbonyl (C=O) groups is 2. The van der Waals surface area contributed by atoms with Gasteiger partial charge in [0.15, 0.2) is 0 Å². The van der Waals surface area contributed by atoms with E-state index in [0.717, 1.165) is 11.1 Å². The molecule has 7 heteroatoms. The van der Waals surface area contributed by atoms with Crippen molar-refractivity contribution in [1.82, 2.24) is 10.8 Å². The van der Waals surface area contributed by atoms with Crippen molar-refractivity contribution < 1.29 is 14.8 Å². The standard InChI is InChI=1S/C20H17ClN2O3S/c1-12(17-11-16(18(21)27-17)20(25)23-26)22-19(24)15-9-7-14(8-10-15)13-5-3-2-4-6-13/h2-12,26H,1H3,(H,22,24)(H,23,25)/t12-/m0/s1. The van der Waals surface area contributed by atoms with Crippen molar-refractivity contribution >= 4 is 34.8 Å². The summed E-state index contributed by atoms with van der Waals surface area (Å²) in [5.74, 6) is -0.905. The molecule has 0 aliphatic heterocycles. The highest BCUT2D eigenvalue weighted by atomic mass is 35.5. The lowest BCUT2D eigenvalue weighted by atomic mass is 10.0. The van der Waals surface area contributed by atoms with Gasteiger partial charge in [0.05, 0.1) is 11.6 Å². The van der Waals surface area contributed by atoms with E-state index >= 15 is 0 Å². The minimum absolute atomic E-state index is 0.174. The highest BCUT2D eigenvalue weighted by Crippen LogP contribution is 2.31. The summed E-state index contributed by atoms with van der Waals surface area (Å²) in [6.45, 7) is 1.80. The molecule has 1 atom stereocenters. The van der Waals surface area contributed by atoms with Crippen LogP contribution >= 0.6 is 22.9 Å². The number of hydroxylamine groups is 1. The van der Waals surface area contributed by atoms with Gasteiger partial charge >= 0.3 is 0 Å². The quantitative estimate of drug-likeness (QED) is 0.430. The van der Waals surface area contributed by atoms with Gasteiger partial charge in [-0.05, 0) is 36.2 Å². The lowest BCUT2D eigenvalue weighted by Crippen LogP contribution is -2.26. The molecule has 5 nitrogen and oxygen atoms in total. The van der Waals surface area contributed by atoms with E-state index in [4.69, 9.17) is 16.8 Å². The van der Waals surface area contributed by atoms with Gasteiger partial charge in [-0.3, -0.25) is 14.8 Å². The molecule has 0 aliphatic rings. The maximum atomic E-state index is 12.5. The maximum absolute atomic E-state index is 12.5. The van der Waals surface area contributed by atoms with E-state index in [2.05, 4.69) is 5.32 Å². The molecule has 0 radical (unpaired) electrons. The molecule has 0 spiro atoms. The molecule has 3 N–H and O–H groups in total. The van der Waals surface area contributed by atoms with E-state index in [1.807, 2.05) is 42.5 Å². The van der Waals surface area contributed by atoms with Crippen molar-refractivity contribution in [2.75, 3.05) is 0 Å². The molecule has 3 aromatic rings. The molecule has 138 valence electrons. The van der Waals surface area contributed by atoms with Crippen LogP contribution < -0.4 is 10.8 Å². The first-order chi connectivity index (χ1) is 13.0. The largest absolute Gasteiger partial charge is 0.345 e. The Hall–Kier alpha value is -2.67. The van der Waals surface area contributed by atoms with Crippen molar-refractivity contribution in [3.63, 3.8) is 0 Å². The first-order valence-electron chi connectivity index (χ1n) is 8.19. The summed E-state index contributed by atoms with van der Waals surface area (Å²) in [7, 11) is 0. The zero-order valence-corrected chi connectivity index (χ0v) is 16.0. The number of nitrogens with one attached hydrogen (secondary N) is 2. The van der Waals surface area contributed by atoms with Crippen LogP contribution in [0.25, 0.3) is 11.1 Å². The fourth-order valence-electron chi connectivity index (χ4n) is 2.61. The average molecular weight is 401 g/mol. The number of thiophene rings is 1. The fourth-order valence-corrected chi connectivity index (χ4v) is 3.90. The summed E-state index contributed by atoms with van der Waals surface area (Å²) in [6.07, 6.45) is 0. The molecule has 0 unspecified atom stereocenters. The molecule has 0 aliphatic carbocycles. The van der Waals surface area contributed by atoms with Crippen LogP contribution in [0.15, 0.2) is 60.7 Å². The van der Waals surface area contributed by atoms with Crippen molar-refractivity contribution in [2.24, 2.45) is 0 Å². The fraction of sp³-hybridized carbons (Fsp3) is 0.100. The Kier molecular flexibility index (Phi) is 5.91. The second-order valence-electron chi connectivity index (χ2n) is 5.92. The van der Waals surface area contributed by atoms with E-state index in [9.17, 15) is 9.59 Å². The van der Waals surface area contributed by atoms with Crippen LogP contribution in [0, 0.1) is 0 Å². The molecule has 0 fully saturated rings. The molecule has 2 aromatic carbocycles. The first kappa shape index (κ1) is 19.1. The zero-order chi connectivity index (χ0) is 19.4. The predicted octanol–water partition coefficient (Wildman–Crippen LogP) is 4.68. The highest BCUT2D eigenvalue weighted by Gasteiger charge is 2.19. The van der Waals surface area contributed by atoms with Crippen LogP contribution in [0.4, 0.5) is 0 Å². The number of carbonyl (C=O) groups excluding carboxylic acids is 2. The van der Waals surface area contributed by atoms with Gasteiger partial charge in [-0.15, -0.1) is 11.3 Å². The monoisotopic (exact) mass is 400 g/mol. The van der Waals surface area contributed by atoms with Crippen molar-refractivity contribution in [1.29, 1.82) is 0 Å². The Labute approximate surface area is 165 Å². The van der Waals surface area contributed by atoms with E-state index in [1.165, 1.54) is 11.3 Å². The maximum Gasteiger partial charge on any atom is 0.277 e. The van der Waals surface area contributed by atoms with Crippen LogP contribution in [-0.2, 0) is 0 Å². The third kappa shape index (κ3) is 4.36. The summed E-state index contributed by atoms with van der Waals surface area (Å²) >= 11 is 7.21. The number of hydrogen-bond acceptors (Lipinski definition) is 4. The molecule has 0 saturated heterocycles. The van der Waals surface area contributed by atoms with Gasteiger partial charge in [-0.25, -0.2) is 5.48 Å². The van der Waals surface area contributed by atoms with Crippen LogP contribution in [0.1, 0.15) is 38.6 Å². The Bertz CT molecular complexity index is 955. The summed E-state index contributed by atoms with van der Waals surface area (Å²) in [5.41, 5.74) is 4.38. The molecular weight excluding hydrogens is 384 g/mol. The van der Waals surface area contributed by atoms with Gasteiger partial charge in [0.25, 0.3) is 11.8 Å². The topological polar surface area (TPSA) is 78.4 Å². The molecule has 1 heterocycles. The minimum Gasteiger partial charge on any atom is -0.345 e. The number of amides is 2. The summed E-state index contributed by atoms with van der Waals surface area (Å²) in [6, 6.07) is 18.5. The summed E-state index contributed by atoms with van der Waals surface area (Å²) in [4.78, 5) is 24.8. The number of rotatable bonds is 5. The van der Waals surface area contributed by atoms with E-state index in [0.29, 0.717) is 10.4 Å². The van der Waals surface area contributed by atoms with Crippen LogP contribution in [0.3, 0.4) is 0 Å². The normalized spacial score (nSPS) is 11.7. The molecule has 0 saturated carbocycles. The molecular formula is C20H17ClN2O3S. The molecule has 2 amide bonds. The number of halogens is 1. The lowest BCUT2D eigenvalue weighted by molar-refractivity contribution is 0.0707. The van der Waals surface area contributed by atoms with Gasteiger partial charge in [-0.2, -0.15) is 0 Å². The van der Waals surface area contributed by atoms with E-state index in [-0.39, 0.29) is 21.8 Å². The molecule has 3 rings (SSSR count). The SMILES string of the molecule is C[C@H](NC(=O)c1ccc(-c2ccccc2)cc1)c1cc(C(=O)NO)c(Cl)s1. The van der Waals surface area contributed by atoms with Gasteiger partial charge in [0.1, 0.15) is 4.34 Å². The second kappa shape index (κ2) is 8.35. The smallest absolute Gasteiger partial charge is 0.277 e. The number of benzene rings is 2. The van der Waals surface area contributed by atoms with Gasteiger partial charge in [0, 0.05) is 10.4 Å². The lowest BCUT2D eigenvalue weighted by Gasteiger charge is -2.12. The van der Waals surface area contributed by atoms with Crippen LogP contribution in [-0.4, -0.2) is 17.0 Å². The predicted molar refractivity (Wildman–Crippen MR) is 106 cm³/mol.